The van der Waals surface area contributed by atoms with Crippen LogP contribution < -0.4 is 0 Å². The van der Waals surface area contributed by atoms with Gasteiger partial charge in [0.25, 0.3) is 0 Å². The molecule has 3 heteroatoms. The molecule has 0 radical (unpaired) electrons. The summed E-state index contributed by atoms with van der Waals surface area (Å²) in [6, 6.07) is 8.06. The van der Waals surface area contributed by atoms with Gasteiger partial charge in [0.1, 0.15) is 6.04 Å². The van der Waals surface area contributed by atoms with E-state index in [0.717, 1.165) is 6.54 Å². The number of aryl methyl sites for hydroxylation is 1. The molecule has 16 heavy (non-hydrogen) atoms. The Morgan fingerprint density at radius 2 is 2.19 bits per heavy atom. The maximum Gasteiger partial charge on any atom is 0.322 e. The number of hydrogen-bond donors (Lipinski definition) is 0. The smallest absolute Gasteiger partial charge is 0.322 e. The highest BCUT2D eigenvalue weighted by molar-refractivity contribution is 5.75. The van der Waals surface area contributed by atoms with E-state index in [2.05, 4.69) is 25.1 Å². The van der Waals surface area contributed by atoms with Crippen LogP contribution in [0.4, 0.5) is 0 Å². The van der Waals surface area contributed by atoms with Gasteiger partial charge in [0.15, 0.2) is 0 Å². The molecule has 0 saturated heterocycles. The molecule has 0 fully saturated rings. The fourth-order valence-corrected chi connectivity index (χ4v) is 1.59. The molecular weight excluding hydrogens is 202 g/mol. The predicted molar refractivity (Wildman–Crippen MR) is 64.1 cm³/mol. The Morgan fingerprint density at radius 1 is 1.50 bits per heavy atom. The first-order valence-electron chi connectivity index (χ1n) is 5.38. The summed E-state index contributed by atoms with van der Waals surface area (Å²) in [5.74, 6) is -0.199. The second-order valence-electron chi connectivity index (χ2n) is 4.10. The van der Waals surface area contributed by atoms with Gasteiger partial charge in [-0.15, -0.1) is 0 Å². The van der Waals surface area contributed by atoms with E-state index >= 15 is 0 Å². The van der Waals surface area contributed by atoms with Crippen LogP contribution >= 0.6 is 0 Å². The van der Waals surface area contributed by atoms with Crippen molar-refractivity contribution < 1.29 is 9.53 Å². The molecule has 0 aliphatic heterocycles. The van der Waals surface area contributed by atoms with Crippen LogP contribution in [0.2, 0.25) is 0 Å². The van der Waals surface area contributed by atoms with Crippen LogP contribution in [0.1, 0.15) is 18.1 Å². The first-order chi connectivity index (χ1) is 7.54. The maximum atomic E-state index is 11.3. The van der Waals surface area contributed by atoms with E-state index in [0.29, 0.717) is 0 Å². The van der Waals surface area contributed by atoms with Gasteiger partial charge in [0, 0.05) is 6.54 Å². The molecule has 0 aliphatic carbocycles. The molecule has 0 N–H and O–H groups in total. The van der Waals surface area contributed by atoms with Gasteiger partial charge in [-0.2, -0.15) is 0 Å². The number of likely N-dealkylation sites (N-methyl/N-ethyl adjacent to an activating group) is 1. The average Bonchev–Trinajstić information content (AvgIpc) is 2.27. The number of methoxy groups -OCH3 is 1. The summed E-state index contributed by atoms with van der Waals surface area (Å²) in [7, 11) is 3.34. The molecule has 0 aromatic heterocycles. The number of benzene rings is 1. The number of carbonyl (C=O) groups excluding carboxylic acids is 1. The van der Waals surface area contributed by atoms with Crippen LogP contribution in [-0.2, 0) is 16.1 Å². The first kappa shape index (κ1) is 12.7. The van der Waals surface area contributed by atoms with Gasteiger partial charge >= 0.3 is 5.97 Å². The van der Waals surface area contributed by atoms with Crippen molar-refractivity contribution in [3.63, 3.8) is 0 Å². The van der Waals surface area contributed by atoms with Crippen LogP contribution in [0, 0.1) is 6.92 Å². The van der Waals surface area contributed by atoms with E-state index < -0.39 is 0 Å². The van der Waals surface area contributed by atoms with E-state index in [1.807, 2.05) is 24.9 Å². The Morgan fingerprint density at radius 3 is 2.75 bits per heavy atom. The van der Waals surface area contributed by atoms with Crippen molar-refractivity contribution in [2.75, 3.05) is 14.2 Å². The molecule has 3 nitrogen and oxygen atoms in total. The molecule has 0 aliphatic rings. The van der Waals surface area contributed by atoms with Crippen LogP contribution in [0.3, 0.4) is 0 Å². The van der Waals surface area contributed by atoms with Crippen molar-refractivity contribution in [1.82, 2.24) is 4.90 Å². The third-order valence-corrected chi connectivity index (χ3v) is 2.72. The summed E-state index contributed by atoms with van der Waals surface area (Å²) in [5.41, 5.74) is 2.44. The van der Waals surface area contributed by atoms with Crippen LogP contribution in [-0.4, -0.2) is 31.1 Å². The summed E-state index contributed by atoms with van der Waals surface area (Å²) >= 11 is 0. The number of carbonyl (C=O) groups is 1. The number of hydrogen-bond acceptors (Lipinski definition) is 3. The van der Waals surface area contributed by atoms with E-state index in [1.54, 1.807) is 0 Å². The Balaban J connectivity index is 2.64. The van der Waals surface area contributed by atoms with Gasteiger partial charge < -0.3 is 4.74 Å². The summed E-state index contributed by atoms with van der Waals surface area (Å²) in [5, 5.41) is 0. The minimum absolute atomic E-state index is 0.199. The summed E-state index contributed by atoms with van der Waals surface area (Å²) < 4.78 is 4.71. The molecule has 0 bridgehead atoms. The number of rotatable bonds is 4. The second-order valence-corrected chi connectivity index (χ2v) is 4.10. The van der Waals surface area contributed by atoms with Crippen LogP contribution in [0.25, 0.3) is 0 Å². The fourth-order valence-electron chi connectivity index (χ4n) is 1.59. The lowest BCUT2D eigenvalue weighted by Gasteiger charge is -2.22. The number of esters is 1. The standard InChI is InChI=1S/C13H19NO2/c1-10-6-5-7-12(8-10)9-14(3)11(2)13(15)16-4/h5-8,11H,9H2,1-4H3. The zero-order chi connectivity index (χ0) is 12.1. The highest BCUT2D eigenvalue weighted by Crippen LogP contribution is 2.09. The molecule has 88 valence electrons. The maximum absolute atomic E-state index is 11.3. The number of ether oxygens (including phenoxy) is 1. The minimum Gasteiger partial charge on any atom is -0.468 e. The topological polar surface area (TPSA) is 29.5 Å². The highest BCUT2D eigenvalue weighted by atomic mass is 16.5. The molecule has 1 unspecified atom stereocenters. The number of nitrogens with zero attached hydrogens (tertiary/aromatic N) is 1. The lowest BCUT2D eigenvalue weighted by Crippen LogP contribution is -2.36. The molecule has 0 amide bonds. The van der Waals surface area contributed by atoms with Crippen molar-refractivity contribution in [3.8, 4) is 0 Å². The van der Waals surface area contributed by atoms with Gasteiger partial charge in [-0.25, -0.2) is 0 Å². The summed E-state index contributed by atoms with van der Waals surface area (Å²) in [6.45, 7) is 4.66. The van der Waals surface area contributed by atoms with Gasteiger partial charge in [0.05, 0.1) is 7.11 Å². The lowest BCUT2D eigenvalue weighted by atomic mass is 10.1. The van der Waals surface area contributed by atoms with Gasteiger partial charge in [-0.1, -0.05) is 29.8 Å². The third kappa shape index (κ3) is 3.35. The normalized spacial score (nSPS) is 12.6. The molecule has 0 spiro atoms. The van der Waals surface area contributed by atoms with E-state index in [-0.39, 0.29) is 12.0 Å². The van der Waals surface area contributed by atoms with Crippen molar-refractivity contribution in [2.45, 2.75) is 26.4 Å². The average molecular weight is 221 g/mol. The SMILES string of the molecule is COC(=O)C(C)N(C)Cc1cccc(C)c1. The van der Waals surface area contributed by atoms with E-state index in [9.17, 15) is 4.79 Å². The molecule has 1 aromatic rings. The highest BCUT2D eigenvalue weighted by Gasteiger charge is 2.18. The second kappa shape index (κ2) is 5.66. The Hall–Kier alpha value is -1.35. The molecule has 1 rings (SSSR count). The Bertz CT molecular complexity index is 363. The molecular formula is C13H19NO2. The van der Waals surface area contributed by atoms with Gasteiger partial charge in [-0.05, 0) is 26.5 Å². The van der Waals surface area contributed by atoms with Crippen molar-refractivity contribution in [2.24, 2.45) is 0 Å². The fraction of sp³-hybridized carbons (Fsp3) is 0.462. The van der Waals surface area contributed by atoms with Crippen LogP contribution in [0.15, 0.2) is 24.3 Å². The third-order valence-electron chi connectivity index (χ3n) is 2.72. The van der Waals surface area contributed by atoms with Crippen molar-refractivity contribution >= 4 is 5.97 Å². The van der Waals surface area contributed by atoms with Gasteiger partial charge in [0.2, 0.25) is 0 Å². The van der Waals surface area contributed by atoms with Crippen molar-refractivity contribution in [3.05, 3.63) is 35.4 Å². The largest absolute Gasteiger partial charge is 0.468 e. The van der Waals surface area contributed by atoms with E-state index in [4.69, 9.17) is 4.74 Å². The Kier molecular flexibility index (Phi) is 4.50. The van der Waals surface area contributed by atoms with Crippen LogP contribution in [0.5, 0.6) is 0 Å². The molecule has 1 aromatic carbocycles. The first-order valence-corrected chi connectivity index (χ1v) is 5.38. The lowest BCUT2D eigenvalue weighted by molar-refractivity contribution is -0.145. The quantitative estimate of drug-likeness (QED) is 0.728. The molecule has 0 saturated carbocycles. The van der Waals surface area contributed by atoms with Gasteiger partial charge in [-0.3, -0.25) is 9.69 Å². The Labute approximate surface area is 97.0 Å². The molecule has 0 heterocycles. The van der Waals surface area contributed by atoms with E-state index in [1.165, 1.54) is 18.2 Å². The van der Waals surface area contributed by atoms with Crippen molar-refractivity contribution in [1.29, 1.82) is 0 Å². The molecule has 1 atom stereocenters. The predicted octanol–water partition coefficient (Wildman–Crippen LogP) is 1.99. The zero-order valence-electron chi connectivity index (χ0n) is 10.4. The summed E-state index contributed by atoms with van der Waals surface area (Å²) in [4.78, 5) is 13.3. The zero-order valence-corrected chi connectivity index (χ0v) is 10.4. The summed E-state index contributed by atoms with van der Waals surface area (Å²) in [6.07, 6.45) is 0. The minimum atomic E-state index is -0.217. The monoisotopic (exact) mass is 221 g/mol.